The van der Waals surface area contributed by atoms with Crippen LogP contribution in [0.4, 0.5) is 0 Å². The van der Waals surface area contributed by atoms with E-state index in [1.807, 2.05) is 21.0 Å². The van der Waals surface area contributed by atoms with E-state index in [0.29, 0.717) is 5.78 Å². The van der Waals surface area contributed by atoms with Crippen molar-refractivity contribution in [3.63, 3.8) is 0 Å². The lowest BCUT2D eigenvalue weighted by atomic mass is 9.80. The van der Waals surface area contributed by atoms with E-state index < -0.39 is 0 Å². The van der Waals surface area contributed by atoms with Crippen LogP contribution in [0.5, 0.6) is 0 Å². The van der Waals surface area contributed by atoms with Gasteiger partial charge < -0.3 is 0 Å². The van der Waals surface area contributed by atoms with Gasteiger partial charge in [-0.25, -0.2) is 0 Å². The molecule has 1 atom stereocenters. The van der Waals surface area contributed by atoms with Gasteiger partial charge in [0.2, 0.25) is 0 Å². The van der Waals surface area contributed by atoms with Gasteiger partial charge in [-0.1, -0.05) is 27.7 Å². The van der Waals surface area contributed by atoms with E-state index in [9.17, 15) is 4.79 Å². The Hall–Kier alpha value is -0.370. The van der Waals surface area contributed by atoms with E-state index in [2.05, 4.69) is 25.7 Å². The third-order valence-corrected chi connectivity index (χ3v) is 3.54. The Bertz CT molecular complexity index is 183. The monoisotopic (exact) mass is 199 g/mol. The second-order valence-corrected chi connectivity index (χ2v) is 4.31. The molecule has 0 aromatic heterocycles. The molecule has 0 fully saturated rings. The molecule has 0 amide bonds. The first-order valence-corrected chi connectivity index (χ1v) is 5.67. The van der Waals surface area contributed by atoms with Gasteiger partial charge in [0.15, 0.2) is 5.78 Å². The lowest BCUT2D eigenvalue weighted by Crippen LogP contribution is -2.52. The van der Waals surface area contributed by atoms with Crippen LogP contribution < -0.4 is 0 Å². The maximum Gasteiger partial charge on any atom is 0.155 e. The fourth-order valence-electron chi connectivity index (χ4n) is 2.10. The fourth-order valence-corrected chi connectivity index (χ4v) is 2.10. The van der Waals surface area contributed by atoms with Crippen molar-refractivity contribution in [1.82, 2.24) is 4.90 Å². The van der Waals surface area contributed by atoms with Gasteiger partial charge in [0.05, 0.1) is 5.54 Å². The van der Waals surface area contributed by atoms with Crippen molar-refractivity contribution in [1.29, 1.82) is 0 Å². The molecule has 2 heteroatoms. The van der Waals surface area contributed by atoms with Gasteiger partial charge in [0.25, 0.3) is 0 Å². The summed E-state index contributed by atoms with van der Waals surface area (Å²) in [5.41, 5.74) is -0.241. The van der Waals surface area contributed by atoms with Crippen LogP contribution >= 0.6 is 0 Å². The van der Waals surface area contributed by atoms with Gasteiger partial charge in [0.1, 0.15) is 0 Å². The molecule has 0 spiro atoms. The average molecular weight is 199 g/mol. The molecule has 0 aliphatic rings. The van der Waals surface area contributed by atoms with Crippen LogP contribution in [-0.4, -0.2) is 30.3 Å². The topological polar surface area (TPSA) is 20.3 Å². The van der Waals surface area contributed by atoms with Gasteiger partial charge in [-0.05, 0) is 33.4 Å². The highest BCUT2D eigenvalue weighted by Crippen LogP contribution is 2.27. The highest BCUT2D eigenvalue weighted by molar-refractivity contribution is 5.90. The summed E-state index contributed by atoms with van der Waals surface area (Å²) in [5.74, 6) is 0.576. The van der Waals surface area contributed by atoms with Gasteiger partial charge in [-0.3, -0.25) is 9.69 Å². The summed E-state index contributed by atoms with van der Waals surface area (Å²) in [5, 5.41) is 0. The van der Waals surface area contributed by atoms with Gasteiger partial charge >= 0.3 is 0 Å². The predicted molar refractivity (Wildman–Crippen MR) is 61.5 cm³/mol. The number of ketones is 1. The molecule has 0 aromatic carbocycles. The molecular weight excluding hydrogens is 174 g/mol. The zero-order valence-electron chi connectivity index (χ0n) is 10.6. The molecule has 0 rings (SSSR count). The smallest absolute Gasteiger partial charge is 0.155 e. The summed E-state index contributed by atoms with van der Waals surface area (Å²) in [4.78, 5) is 14.3. The number of rotatable bonds is 6. The second kappa shape index (κ2) is 5.50. The van der Waals surface area contributed by atoms with E-state index in [0.717, 1.165) is 19.3 Å². The van der Waals surface area contributed by atoms with Crippen LogP contribution in [0.2, 0.25) is 0 Å². The van der Waals surface area contributed by atoms with Crippen molar-refractivity contribution in [3.05, 3.63) is 0 Å². The minimum atomic E-state index is -0.241. The van der Waals surface area contributed by atoms with E-state index in [1.54, 1.807) is 0 Å². The Balaban J connectivity index is 4.89. The van der Waals surface area contributed by atoms with E-state index in [-0.39, 0.29) is 11.5 Å². The Morgan fingerprint density at radius 2 is 1.64 bits per heavy atom. The molecule has 0 heterocycles. The molecule has 0 N–H and O–H groups in total. The number of hydrogen-bond acceptors (Lipinski definition) is 2. The summed E-state index contributed by atoms with van der Waals surface area (Å²) in [6.07, 6.45) is 2.74. The van der Waals surface area contributed by atoms with Crippen molar-refractivity contribution >= 4 is 5.78 Å². The van der Waals surface area contributed by atoms with E-state index >= 15 is 0 Å². The summed E-state index contributed by atoms with van der Waals surface area (Å²) >= 11 is 0. The van der Waals surface area contributed by atoms with Gasteiger partial charge in [-0.15, -0.1) is 0 Å². The molecule has 2 nitrogen and oxygen atoms in total. The molecule has 0 radical (unpaired) electrons. The number of Topliss-reactive ketones (excluding diaryl/α,β-unsaturated/α-hetero) is 1. The zero-order valence-corrected chi connectivity index (χ0v) is 10.6. The van der Waals surface area contributed by atoms with E-state index in [1.165, 1.54) is 0 Å². The normalized spacial score (nSPS) is 14.5. The predicted octanol–water partition coefficient (Wildman–Crippen LogP) is 2.72. The second-order valence-electron chi connectivity index (χ2n) is 4.31. The molecule has 1 unspecified atom stereocenters. The van der Waals surface area contributed by atoms with Crippen LogP contribution in [0.15, 0.2) is 0 Å². The number of nitrogens with zero attached hydrogens (tertiary/aromatic N) is 1. The van der Waals surface area contributed by atoms with Crippen molar-refractivity contribution in [2.24, 2.45) is 5.92 Å². The van der Waals surface area contributed by atoms with Crippen molar-refractivity contribution in [2.45, 2.75) is 52.5 Å². The van der Waals surface area contributed by atoms with E-state index in [4.69, 9.17) is 0 Å². The maximum absolute atomic E-state index is 12.3. The van der Waals surface area contributed by atoms with Gasteiger partial charge in [0, 0.05) is 5.92 Å². The largest absolute Gasteiger partial charge is 0.297 e. The average Bonchev–Trinajstić information content (AvgIpc) is 2.18. The molecule has 0 saturated heterocycles. The standard InChI is InChI=1S/C12H25NO/c1-7-10(4)11(14)12(8-2,9-3)13(5)6/h10H,7-9H2,1-6H3. The fraction of sp³-hybridized carbons (Fsp3) is 0.917. The lowest BCUT2D eigenvalue weighted by Gasteiger charge is -2.38. The highest BCUT2D eigenvalue weighted by atomic mass is 16.1. The minimum absolute atomic E-state index is 0.178. The van der Waals surface area contributed by atoms with Crippen LogP contribution in [0, 0.1) is 5.92 Å². The zero-order chi connectivity index (χ0) is 11.4. The molecule has 14 heavy (non-hydrogen) atoms. The van der Waals surface area contributed by atoms with Crippen molar-refractivity contribution < 1.29 is 4.79 Å². The van der Waals surface area contributed by atoms with Crippen LogP contribution in [0.3, 0.4) is 0 Å². The molecule has 0 aliphatic carbocycles. The number of hydrogen-bond donors (Lipinski definition) is 0. The molecule has 84 valence electrons. The molecular formula is C12H25NO. The van der Waals surface area contributed by atoms with Crippen molar-refractivity contribution in [3.8, 4) is 0 Å². The minimum Gasteiger partial charge on any atom is -0.297 e. The molecule has 0 aliphatic heterocycles. The van der Waals surface area contributed by atoms with Crippen LogP contribution in [0.1, 0.15) is 47.0 Å². The Labute approximate surface area is 88.7 Å². The Kier molecular flexibility index (Phi) is 5.35. The van der Waals surface area contributed by atoms with Crippen LogP contribution in [-0.2, 0) is 4.79 Å². The maximum atomic E-state index is 12.3. The summed E-state index contributed by atoms with van der Waals surface area (Å²) < 4.78 is 0. The Morgan fingerprint density at radius 3 is 1.86 bits per heavy atom. The summed E-state index contributed by atoms with van der Waals surface area (Å²) in [7, 11) is 4.01. The van der Waals surface area contributed by atoms with Gasteiger partial charge in [-0.2, -0.15) is 0 Å². The summed E-state index contributed by atoms with van der Waals surface area (Å²) in [6, 6.07) is 0. The first-order chi connectivity index (χ1) is 6.46. The third kappa shape index (κ3) is 2.35. The Morgan fingerprint density at radius 1 is 1.21 bits per heavy atom. The molecule has 0 aromatic rings. The number of likely N-dealkylation sites (N-methyl/N-ethyl adjacent to an activating group) is 1. The highest BCUT2D eigenvalue weighted by Gasteiger charge is 2.38. The molecule has 0 saturated carbocycles. The molecule has 0 bridgehead atoms. The quantitative estimate of drug-likeness (QED) is 0.655. The number of carbonyl (C=O) groups is 1. The lowest BCUT2D eigenvalue weighted by molar-refractivity contribution is -0.134. The number of carbonyl (C=O) groups excluding carboxylic acids is 1. The first kappa shape index (κ1) is 13.6. The first-order valence-electron chi connectivity index (χ1n) is 5.67. The third-order valence-electron chi connectivity index (χ3n) is 3.54. The van der Waals surface area contributed by atoms with Crippen molar-refractivity contribution in [2.75, 3.05) is 14.1 Å². The summed E-state index contributed by atoms with van der Waals surface area (Å²) in [6.45, 7) is 8.31. The SMILES string of the molecule is CCC(C)C(=O)C(CC)(CC)N(C)C. The van der Waals surface area contributed by atoms with Crippen LogP contribution in [0.25, 0.3) is 0 Å².